The molecule has 0 bridgehead atoms. The highest BCUT2D eigenvalue weighted by Crippen LogP contribution is 2.66. The van der Waals surface area contributed by atoms with Crippen LogP contribution in [0.4, 0.5) is 5.69 Å². The Balaban J connectivity index is 1.45. The second-order valence-electron chi connectivity index (χ2n) is 14.2. The summed E-state index contributed by atoms with van der Waals surface area (Å²) in [6, 6.07) is 9.98. The normalized spacial score (nSPS) is 36.7. The molecule has 0 aromatic heterocycles. The number of anilines is 1. The van der Waals surface area contributed by atoms with Gasteiger partial charge in [0.15, 0.2) is 5.78 Å². The van der Waals surface area contributed by atoms with Crippen LogP contribution in [0.1, 0.15) is 104 Å². The number of nitrogens with zero attached hydrogens (tertiary/aromatic N) is 1. The van der Waals surface area contributed by atoms with E-state index in [9.17, 15) is 9.90 Å². The van der Waals surface area contributed by atoms with Crippen molar-refractivity contribution in [1.29, 1.82) is 0 Å². The number of benzene rings is 1. The van der Waals surface area contributed by atoms with Gasteiger partial charge in [-0.3, -0.25) is 4.79 Å². The van der Waals surface area contributed by atoms with E-state index in [1.54, 1.807) is 5.57 Å². The third-order valence-electron chi connectivity index (χ3n) is 10.7. The van der Waals surface area contributed by atoms with Crippen molar-refractivity contribution in [2.24, 2.45) is 22.7 Å². The SMILES string of the molecule is C[C@H]1CCCN1c1ccc([C@H]2C[C@@]3(C)[C@@H](CC[C@@]3(O)C#CC(C)(C)C)[C@@H]3CCC4=CC(=O)CCC4=C32)cc1. The lowest BCUT2D eigenvalue weighted by Crippen LogP contribution is -2.51. The fourth-order valence-corrected chi connectivity index (χ4v) is 8.68. The summed E-state index contributed by atoms with van der Waals surface area (Å²) in [5, 5.41) is 12.2. The molecule has 5 aliphatic rings. The van der Waals surface area contributed by atoms with Gasteiger partial charge in [-0.15, -0.1) is 0 Å². The van der Waals surface area contributed by atoms with E-state index in [4.69, 9.17) is 0 Å². The van der Waals surface area contributed by atoms with Crippen molar-refractivity contribution in [2.75, 3.05) is 11.4 Å². The lowest BCUT2D eigenvalue weighted by Gasteiger charge is -2.53. The molecule has 1 saturated heterocycles. The molecule has 0 amide bonds. The predicted molar refractivity (Wildman–Crippen MR) is 155 cm³/mol. The molecule has 6 atom stereocenters. The van der Waals surface area contributed by atoms with E-state index in [0.29, 0.717) is 24.3 Å². The Morgan fingerprint density at radius 3 is 2.50 bits per heavy atom. The number of fused-ring (bicyclic) bond motifs is 4. The Bertz CT molecular complexity index is 1250. The molecule has 202 valence electrons. The van der Waals surface area contributed by atoms with Gasteiger partial charge in [0.1, 0.15) is 5.60 Å². The molecule has 3 nitrogen and oxygen atoms in total. The molecular weight excluding hydrogens is 466 g/mol. The summed E-state index contributed by atoms with van der Waals surface area (Å²) in [6.07, 6.45) is 10.8. The van der Waals surface area contributed by atoms with Crippen LogP contribution in [0.2, 0.25) is 0 Å². The van der Waals surface area contributed by atoms with Gasteiger partial charge < -0.3 is 10.0 Å². The lowest BCUT2D eigenvalue weighted by atomic mass is 9.51. The maximum Gasteiger partial charge on any atom is 0.156 e. The van der Waals surface area contributed by atoms with Gasteiger partial charge in [-0.25, -0.2) is 0 Å². The number of carbonyl (C=O) groups is 1. The van der Waals surface area contributed by atoms with Crippen LogP contribution in [-0.4, -0.2) is 29.1 Å². The van der Waals surface area contributed by atoms with E-state index in [1.165, 1.54) is 35.2 Å². The molecule has 4 aliphatic carbocycles. The minimum absolute atomic E-state index is 0.132. The number of hydrogen-bond acceptors (Lipinski definition) is 3. The van der Waals surface area contributed by atoms with Crippen molar-refractivity contribution in [2.45, 2.75) is 110 Å². The average molecular weight is 512 g/mol. The highest BCUT2D eigenvalue weighted by Gasteiger charge is 2.62. The zero-order chi connectivity index (χ0) is 26.9. The highest BCUT2D eigenvalue weighted by atomic mass is 16.3. The summed E-state index contributed by atoms with van der Waals surface area (Å²) in [7, 11) is 0. The summed E-state index contributed by atoms with van der Waals surface area (Å²) >= 11 is 0. The second-order valence-corrected chi connectivity index (χ2v) is 14.2. The van der Waals surface area contributed by atoms with Crippen molar-refractivity contribution in [3.05, 3.63) is 52.6 Å². The highest BCUT2D eigenvalue weighted by molar-refractivity contribution is 5.93. The maximum absolute atomic E-state index is 12.3. The first kappa shape index (κ1) is 25.9. The van der Waals surface area contributed by atoms with Gasteiger partial charge in [0.05, 0.1) is 0 Å². The zero-order valence-corrected chi connectivity index (χ0v) is 24.1. The standard InChI is InChI=1S/C35H45NO2/c1-23-7-6-20-36(23)26-11-8-24(9-12-26)30-22-34(5)31(16-17-35(34,38)19-18-33(2,3)4)29-14-10-25-21-27(37)13-15-28(25)32(29)30/h8-9,11-12,21,23,29-31,38H,6-7,10,13-17,20,22H2,1-5H3/t23-,29-,30+,31-,34-,35+/m0/s1. The number of carbonyl (C=O) groups excluding carboxylic acids is 1. The van der Waals surface area contributed by atoms with Crippen LogP contribution in [-0.2, 0) is 4.79 Å². The second kappa shape index (κ2) is 9.12. The fourth-order valence-electron chi connectivity index (χ4n) is 8.68. The summed E-state index contributed by atoms with van der Waals surface area (Å²) < 4.78 is 0. The summed E-state index contributed by atoms with van der Waals surface area (Å²) in [5.41, 5.74) is 5.71. The van der Waals surface area contributed by atoms with Crippen LogP contribution in [0.3, 0.4) is 0 Å². The predicted octanol–water partition coefficient (Wildman–Crippen LogP) is 7.36. The van der Waals surface area contributed by atoms with Gasteiger partial charge in [-0.1, -0.05) is 36.5 Å². The number of ketones is 1. The van der Waals surface area contributed by atoms with Crippen LogP contribution in [0.25, 0.3) is 0 Å². The number of hydrogen-bond donors (Lipinski definition) is 1. The van der Waals surface area contributed by atoms with E-state index in [0.717, 1.165) is 45.1 Å². The molecule has 1 aliphatic heterocycles. The first-order valence-electron chi connectivity index (χ1n) is 15.1. The topological polar surface area (TPSA) is 40.5 Å². The molecule has 2 saturated carbocycles. The Hall–Kier alpha value is -2.31. The third-order valence-corrected chi connectivity index (χ3v) is 10.7. The number of allylic oxidation sites excluding steroid dienone is 4. The van der Waals surface area contributed by atoms with E-state index >= 15 is 0 Å². The van der Waals surface area contributed by atoms with Gasteiger partial charge in [0.2, 0.25) is 0 Å². The van der Waals surface area contributed by atoms with Crippen molar-refractivity contribution < 1.29 is 9.90 Å². The van der Waals surface area contributed by atoms with Crippen LogP contribution in [0.5, 0.6) is 0 Å². The molecule has 3 fully saturated rings. The number of rotatable bonds is 2. The number of aliphatic hydroxyl groups is 1. The van der Waals surface area contributed by atoms with Crippen LogP contribution < -0.4 is 4.90 Å². The van der Waals surface area contributed by atoms with Crippen molar-refractivity contribution in [3.63, 3.8) is 0 Å². The molecule has 38 heavy (non-hydrogen) atoms. The Kier molecular flexibility index (Phi) is 6.23. The first-order valence-corrected chi connectivity index (χ1v) is 15.1. The van der Waals surface area contributed by atoms with Gasteiger partial charge in [-0.2, -0.15) is 0 Å². The van der Waals surface area contributed by atoms with E-state index in [-0.39, 0.29) is 22.5 Å². The van der Waals surface area contributed by atoms with Crippen molar-refractivity contribution >= 4 is 11.5 Å². The maximum atomic E-state index is 12.3. The Morgan fingerprint density at radius 1 is 1.05 bits per heavy atom. The molecule has 0 radical (unpaired) electrons. The molecule has 0 spiro atoms. The average Bonchev–Trinajstić information content (AvgIpc) is 3.42. The van der Waals surface area contributed by atoms with Crippen molar-refractivity contribution in [1.82, 2.24) is 0 Å². The molecule has 1 aromatic carbocycles. The fraction of sp³-hybridized carbons (Fsp3) is 0.629. The summed E-state index contributed by atoms with van der Waals surface area (Å²) in [5.74, 6) is 8.31. The van der Waals surface area contributed by atoms with Crippen LogP contribution in [0, 0.1) is 34.5 Å². The summed E-state index contributed by atoms with van der Waals surface area (Å²) in [4.78, 5) is 14.9. The Labute approximate surface area is 229 Å². The minimum Gasteiger partial charge on any atom is -0.377 e. The van der Waals surface area contributed by atoms with E-state index in [2.05, 4.69) is 75.6 Å². The van der Waals surface area contributed by atoms with E-state index < -0.39 is 5.60 Å². The van der Waals surface area contributed by atoms with Gasteiger partial charge in [-0.05, 0) is 126 Å². The van der Waals surface area contributed by atoms with Gasteiger partial charge in [0.25, 0.3) is 0 Å². The summed E-state index contributed by atoms with van der Waals surface area (Å²) in [6.45, 7) is 12.2. The molecule has 3 heteroatoms. The Morgan fingerprint density at radius 2 is 1.82 bits per heavy atom. The van der Waals surface area contributed by atoms with Gasteiger partial charge in [0, 0.05) is 41.4 Å². The van der Waals surface area contributed by atoms with E-state index in [1.807, 2.05) is 6.08 Å². The third kappa shape index (κ3) is 4.19. The molecule has 0 unspecified atom stereocenters. The first-order chi connectivity index (χ1) is 18.0. The van der Waals surface area contributed by atoms with Crippen LogP contribution in [0.15, 0.2) is 47.1 Å². The quantitative estimate of drug-likeness (QED) is 0.422. The van der Waals surface area contributed by atoms with Crippen LogP contribution >= 0.6 is 0 Å². The minimum atomic E-state index is -0.955. The zero-order valence-electron chi connectivity index (χ0n) is 24.1. The molecule has 1 N–H and O–H groups in total. The van der Waals surface area contributed by atoms with Gasteiger partial charge >= 0.3 is 0 Å². The lowest BCUT2D eigenvalue weighted by molar-refractivity contribution is -0.114. The largest absolute Gasteiger partial charge is 0.377 e. The molecule has 1 heterocycles. The molecular formula is C35H45NO2. The molecule has 6 rings (SSSR count). The molecule has 1 aromatic rings. The van der Waals surface area contributed by atoms with Crippen molar-refractivity contribution in [3.8, 4) is 11.8 Å². The monoisotopic (exact) mass is 511 g/mol. The smallest absolute Gasteiger partial charge is 0.156 e.